The molecular formula is C23H32N4O3. The molecule has 0 spiro atoms. The second-order valence-corrected chi connectivity index (χ2v) is 10.2. The fraction of sp³-hybridized carbons (Fsp3) is 0.652. The van der Waals surface area contributed by atoms with Gasteiger partial charge >= 0.3 is 0 Å². The van der Waals surface area contributed by atoms with Gasteiger partial charge in [-0.05, 0) is 58.8 Å². The lowest BCUT2D eigenvalue weighted by Crippen LogP contribution is -2.51. The van der Waals surface area contributed by atoms with E-state index in [1.807, 2.05) is 20.8 Å². The number of rotatable bonds is 4. The average molecular weight is 413 g/mol. The lowest BCUT2D eigenvalue weighted by Gasteiger charge is -2.38. The van der Waals surface area contributed by atoms with Crippen molar-refractivity contribution in [1.29, 1.82) is 0 Å². The second-order valence-electron chi connectivity index (χ2n) is 10.2. The van der Waals surface area contributed by atoms with Crippen LogP contribution in [0.15, 0.2) is 18.3 Å². The van der Waals surface area contributed by atoms with Crippen LogP contribution in [0.5, 0.6) is 0 Å². The van der Waals surface area contributed by atoms with Gasteiger partial charge in [0.1, 0.15) is 29.8 Å². The molecule has 5 rings (SSSR count). The number of allylic oxidation sites excluding steroid dienone is 1. The van der Waals surface area contributed by atoms with Crippen LogP contribution in [-0.2, 0) is 27.1 Å². The summed E-state index contributed by atoms with van der Waals surface area (Å²) in [5.41, 5.74) is 1.89. The molecule has 7 heteroatoms. The Morgan fingerprint density at radius 3 is 2.67 bits per heavy atom. The Labute approximate surface area is 177 Å². The zero-order valence-electron chi connectivity index (χ0n) is 18.2. The van der Waals surface area contributed by atoms with Crippen LogP contribution in [0.25, 0.3) is 5.76 Å². The van der Waals surface area contributed by atoms with E-state index >= 15 is 0 Å². The van der Waals surface area contributed by atoms with Gasteiger partial charge in [0.2, 0.25) is 5.91 Å². The van der Waals surface area contributed by atoms with Crippen molar-refractivity contribution in [2.24, 2.45) is 5.92 Å². The van der Waals surface area contributed by atoms with E-state index < -0.39 is 0 Å². The van der Waals surface area contributed by atoms with E-state index in [9.17, 15) is 4.79 Å². The number of nitrogens with zero attached hydrogens (tertiary/aromatic N) is 2. The van der Waals surface area contributed by atoms with Crippen molar-refractivity contribution in [2.75, 3.05) is 6.54 Å². The van der Waals surface area contributed by atoms with Gasteiger partial charge in [-0.1, -0.05) is 0 Å². The van der Waals surface area contributed by atoms with Crippen molar-refractivity contribution in [2.45, 2.75) is 83.3 Å². The molecule has 0 aromatic carbocycles. The minimum absolute atomic E-state index is 0.143. The molecule has 30 heavy (non-hydrogen) atoms. The summed E-state index contributed by atoms with van der Waals surface area (Å²) in [6.45, 7) is 6.63. The minimum Gasteiger partial charge on any atom is -0.462 e. The molecule has 7 nitrogen and oxygen atoms in total. The molecule has 1 aromatic heterocycles. The molecule has 2 saturated heterocycles. The molecule has 4 aliphatic rings. The molecule has 2 bridgehead atoms. The molecule has 2 unspecified atom stereocenters. The first-order valence-electron chi connectivity index (χ1n) is 11.2. The highest BCUT2D eigenvalue weighted by molar-refractivity contribution is 5.78. The highest BCUT2D eigenvalue weighted by atomic mass is 16.5. The van der Waals surface area contributed by atoms with Crippen LogP contribution < -0.4 is 5.32 Å². The van der Waals surface area contributed by atoms with Crippen LogP contribution in [0.1, 0.15) is 70.1 Å². The van der Waals surface area contributed by atoms with Crippen LogP contribution in [0.4, 0.5) is 0 Å². The van der Waals surface area contributed by atoms with Gasteiger partial charge in [0, 0.05) is 30.5 Å². The summed E-state index contributed by atoms with van der Waals surface area (Å²) in [4.78, 5) is 23.3. The normalized spacial score (nSPS) is 27.9. The maximum Gasteiger partial charge on any atom is 0.234 e. The third-order valence-corrected chi connectivity index (χ3v) is 6.65. The molecule has 1 aliphatic carbocycles. The first-order valence-corrected chi connectivity index (χ1v) is 11.2. The van der Waals surface area contributed by atoms with Crippen molar-refractivity contribution < 1.29 is 14.3 Å². The first-order chi connectivity index (χ1) is 14.4. The zero-order chi connectivity index (χ0) is 20.9. The van der Waals surface area contributed by atoms with Crippen molar-refractivity contribution in [3.8, 4) is 0 Å². The number of carbonyl (C=O) groups excluding carboxylic acids is 1. The van der Waals surface area contributed by atoms with Crippen molar-refractivity contribution in [3.63, 3.8) is 0 Å². The van der Waals surface area contributed by atoms with Gasteiger partial charge in [-0.15, -0.1) is 0 Å². The van der Waals surface area contributed by atoms with Crippen molar-refractivity contribution >= 4 is 11.7 Å². The smallest absolute Gasteiger partial charge is 0.234 e. The Kier molecular flexibility index (Phi) is 4.88. The molecule has 3 aliphatic heterocycles. The summed E-state index contributed by atoms with van der Waals surface area (Å²) in [5.74, 6) is 3.48. The van der Waals surface area contributed by atoms with Crippen LogP contribution in [-0.4, -0.2) is 44.9 Å². The summed E-state index contributed by atoms with van der Waals surface area (Å²) in [6, 6.07) is 1.03. The predicted molar refractivity (Wildman–Crippen MR) is 113 cm³/mol. The number of ether oxygens (including phenoxy) is 2. The molecule has 2 fully saturated rings. The number of hydrogen-bond donors (Lipinski definition) is 2. The van der Waals surface area contributed by atoms with Crippen LogP contribution in [0.3, 0.4) is 0 Å². The molecule has 0 radical (unpaired) electrons. The van der Waals surface area contributed by atoms with E-state index in [4.69, 9.17) is 14.5 Å². The van der Waals surface area contributed by atoms with Crippen LogP contribution in [0.2, 0.25) is 0 Å². The first kappa shape index (κ1) is 19.7. The molecule has 2 atom stereocenters. The third-order valence-electron chi connectivity index (χ3n) is 6.65. The van der Waals surface area contributed by atoms with E-state index in [0.717, 1.165) is 60.8 Å². The van der Waals surface area contributed by atoms with Crippen molar-refractivity contribution in [3.05, 3.63) is 35.5 Å². The standard InChI is InChI=1S/C23H32N4O3/c1-23(2,3)26-20(28)13-27-15-4-5-16(27)11-14(10-15)12-19-24-17-6-7-18-22(21(17)25-19)30-9-8-29-18/h8-9,14-16H,4-7,10-13H2,1-3H3,(H,24,25)(H,26,28). The Balaban J connectivity index is 1.22. The molecule has 1 amide bonds. The fourth-order valence-corrected chi connectivity index (χ4v) is 5.57. The molecule has 2 N–H and O–H groups in total. The van der Waals surface area contributed by atoms with Gasteiger partial charge in [-0.3, -0.25) is 9.69 Å². The number of hydrogen-bond acceptors (Lipinski definition) is 5. The molecule has 4 heterocycles. The number of carbonyl (C=O) groups is 1. The number of H-pyrrole nitrogens is 1. The third kappa shape index (κ3) is 3.87. The molecular weight excluding hydrogens is 380 g/mol. The Morgan fingerprint density at radius 1 is 1.20 bits per heavy atom. The quantitative estimate of drug-likeness (QED) is 0.794. The fourth-order valence-electron chi connectivity index (χ4n) is 5.57. The summed E-state index contributed by atoms with van der Waals surface area (Å²) in [6.07, 6.45) is 10.5. The van der Waals surface area contributed by atoms with E-state index in [1.54, 1.807) is 12.5 Å². The number of piperidine rings is 1. The summed E-state index contributed by atoms with van der Waals surface area (Å²) >= 11 is 0. The minimum atomic E-state index is -0.176. The highest BCUT2D eigenvalue weighted by Gasteiger charge is 2.42. The lowest BCUT2D eigenvalue weighted by molar-refractivity contribution is -0.125. The number of aryl methyl sites for hydroxylation is 1. The monoisotopic (exact) mass is 412 g/mol. The topological polar surface area (TPSA) is 79.5 Å². The maximum atomic E-state index is 12.4. The van der Waals surface area contributed by atoms with E-state index in [-0.39, 0.29) is 11.4 Å². The maximum absolute atomic E-state index is 12.4. The van der Waals surface area contributed by atoms with Gasteiger partial charge in [0.05, 0.1) is 12.2 Å². The molecule has 0 saturated carbocycles. The van der Waals surface area contributed by atoms with Gasteiger partial charge in [0.25, 0.3) is 0 Å². The Morgan fingerprint density at radius 2 is 1.93 bits per heavy atom. The Hall–Kier alpha value is -2.28. The molecule has 162 valence electrons. The van der Waals surface area contributed by atoms with Crippen molar-refractivity contribution in [1.82, 2.24) is 20.2 Å². The van der Waals surface area contributed by atoms with Crippen LogP contribution >= 0.6 is 0 Å². The van der Waals surface area contributed by atoms with Gasteiger partial charge < -0.3 is 19.8 Å². The summed E-state index contributed by atoms with van der Waals surface area (Å²) in [7, 11) is 0. The number of fused-ring (bicyclic) bond motifs is 4. The SMILES string of the molecule is CC(C)(C)NC(=O)CN1C2CCC1CC(Cc1nc3c([nH]1)C1=C(CC3)OC=CO1)C2. The van der Waals surface area contributed by atoms with E-state index in [2.05, 4.69) is 15.2 Å². The largest absolute Gasteiger partial charge is 0.462 e. The van der Waals surface area contributed by atoms with Crippen LogP contribution in [0, 0.1) is 5.92 Å². The zero-order valence-corrected chi connectivity index (χ0v) is 18.2. The number of aromatic amines is 1. The van der Waals surface area contributed by atoms with E-state index in [0.29, 0.717) is 24.5 Å². The number of nitrogens with one attached hydrogen (secondary N) is 2. The predicted octanol–water partition coefficient (Wildman–Crippen LogP) is 3.24. The average Bonchev–Trinajstić information content (AvgIpc) is 3.17. The number of aromatic nitrogens is 2. The Bertz CT molecular complexity index is 881. The summed E-state index contributed by atoms with van der Waals surface area (Å²) in [5, 5.41) is 3.11. The lowest BCUT2D eigenvalue weighted by atomic mass is 9.88. The van der Waals surface area contributed by atoms with E-state index in [1.165, 1.54) is 12.8 Å². The summed E-state index contributed by atoms with van der Waals surface area (Å²) < 4.78 is 11.3. The van der Waals surface area contributed by atoms with Gasteiger partial charge in [-0.2, -0.15) is 0 Å². The number of amides is 1. The van der Waals surface area contributed by atoms with Gasteiger partial charge in [-0.25, -0.2) is 4.98 Å². The highest BCUT2D eigenvalue weighted by Crippen LogP contribution is 2.40. The second kappa shape index (κ2) is 7.45. The molecule has 1 aromatic rings. The number of imidazole rings is 1. The van der Waals surface area contributed by atoms with Gasteiger partial charge in [0.15, 0.2) is 5.76 Å².